The van der Waals surface area contributed by atoms with Gasteiger partial charge in [-0.2, -0.15) is 0 Å². The van der Waals surface area contributed by atoms with E-state index in [1.165, 1.54) is 0 Å². The smallest absolute Gasteiger partial charge is 0.243 e. The number of aromatic amines is 3. The first-order chi connectivity index (χ1) is 31.6. The van der Waals surface area contributed by atoms with E-state index in [2.05, 4.69) is 46.9 Å². The zero-order valence-electron chi connectivity index (χ0n) is 38.5. The Bertz CT molecular complexity index is 2400. The third kappa shape index (κ3) is 11.5. The maximum absolute atomic E-state index is 14.7. The normalized spacial score (nSPS) is 22.0. The molecule has 3 aromatic carbocycles. The number of H-pyrrole nitrogens is 3. The average molecular weight is 898 g/mol. The molecule has 7 rings (SSSR count). The van der Waals surface area contributed by atoms with Crippen molar-refractivity contribution in [2.75, 3.05) is 0 Å². The van der Waals surface area contributed by atoms with Crippen molar-refractivity contribution in [2.45, 2.75) is 116 Å². The van der Waals surface area contributed by atoms with Crippen molar-refractivity contribution in [1.29, 1.82) is 0 Å². The summed E-state index contributed by atoms with van der Waals surface area (Å²) in [7, 11) is 0. The van der Waals surface area contributed by atoms with Crippen molar-refractivity contribution in [3.8, 4) is 0 Å². The second kappa shape index (κ2) is 20.9. The van der Waals surface area contributed by atoms with Gasteiger partial charge in [0.25, 0.3) is 0 Å². The minimum Gasteiger partial charge on any atom is -0.361 e. The Kier molecular flexibility index (Phi) is 14.9. The minimum atomic E-state index is -1.19. The first-order valence-corrected chi connectivity index (χ1v) is 23.1. The summed E-state index contributed by atoms with van der Waals surface area (Å²) in [6, 6.07) is 16.0. The second-order valence-corrected chi connectivity index (χ2v) is 18.9. The molecule has 0 saturated carbocycles. The van der Waals surface area contributed by atoms with Crippen LogP contribution in [0, 0.1) is 17.8 Å². The van der Waals surface area contributed by atoms with E-state index in [1.807, 2.05) is 114 Å². The highest BCUT2D eigenvalue weighted by molar-refractivity contribution is 5.99. The van der Waals surface area contributed by atoms with Gasteiger partial charge < -0.3 is 46.9 Å². The van der Waals surface area contributed by atoms with Crippen LogP contribution in [-0.4, -0.2) is 86.6 Å². The standard InChI is InChI=1S/C51H63N9O6/c1-28(2)19-40-46(61)58-44(23-32-26-53-38-17-11-8-14-35(32)38)50(65)56-42(21-30(5)6)48(63)60-45(24-33-27-54-39-18-12-9-15-36(33)39)51(66)57-41(20-29(3)4)47(62)59-43(49(64)55-40)22-31-25-52-37-16-10-7-13-34(31)37/h7-18,25-30,40-45,52-54H,19-24H2,1-6H3,(H,55,64)(H,56,65)(H,57,66)(H,58,61)(H,59,62)(H,60,63)/t40-,41-,42-,43-,44-,45-/m0/s1. The molecule has 6 atom stereocenters. The largest absolute Gasteiger partial charge is 0.361 e. The number of hydrogen-bond acceptors (Lipinski definition) is 6. The van der Waals surface area contributed by atoms with Crippen LogP contribution < -0.4 is 31.9 Å². The van der Waals surface area contributed by atoms with E-state index >= 15 is 0 Å². The summed E-state index contributed by atoms with van der Waals surface area (Å²) in [5, 5.41) is 20.3. The summed E-state index contributed by atoms with van der Waals surface area (Å²) in [4.78, 5) is 97.5. The monoisotopic (exact) mass is 897 g/mol. The minimum absolute atomic E-state index is 0.0576. The molecular formula is C51H63N9O6. The van der Waals surface area contributed by atoms with Crippen molar-refractivity contribution >= 4 is 68.2 Å². The maximum Gasteiger partial charge on any atom is 0.243 e. The third-order valence-corrected chi connectivity index (χ3v) is 12.2. The predicted octanol–water partition coefficient (Wildman–Crippen LogP) is 5.22. The van der Waals surface area contributed by atoms with Gasteiger partial charge in [0.05, 0.1) is 0 Å². The van der Waals surface area contributed by atoms with E-state index in [-0.39, 0.29) is 56.3 Å². The molecule has 0 radical (unpaired) electrons. The van der Waals surface area contributed by atoms with Crippen LogP contribution in [0.15, 0.2) is 91.4 Å². The van der Waals surface area contributed by atoms with Crippen LogP contribution >= 0.6 is 0 Å². The second-order valence-electron chi connectivity index (χ2n) is 18.9. The van der Waals surface area contributed by atoms with Crippen molar-refractivity contribution < 1.29 is 28.8 Å². The molecular weight excluding hydrogens is 835 g/mol. The number of fused-ring (bicyclic) bond motifs is 3. The van der Waals surface area contributed by atoms with Gasteiger partial charge in [-0.15, -0.1) is 0 Å². The summed E-state index contributed by atoms with van der Waals surface area (Å²) < 4.78 is 0. The summed E-state index contributed by atoms with van der Waals surface area (Å²) in [6.45, 7) is 11.5. The SMILES string of the molecule is CC(C)C[C@@H]1NC(=O)[C@H](Cc2c[nH]c3ccccc23)NC(=O)[C@H](CC(C)C)NC(=O)[C@H](Cc2c[nH]c3ccccc23)NC(=O)[C@H](CC(C)C)NC(=O)[C@H](Cc2c[nH]c3ccccc23)NC1=O. The van der Waals surface area contributed by atoms with Gasteiger partial charge in [-0.1, -0.05) is 96.1 Å². The number of para-hydroxylation sites is 3. The van der Waals surface area contributed by atoms with E-state index in [1.54, 1.807) is 18.6 Å². The van der Waals surface area contributed by atoms with Gasteiger partial charge in [0, 0.05) is 70.6 Å². The van der Waals surface area contributed by atoms with E-state index in [0.717, 1.165) is 49.4 Å². The lowest BCUT2D eigenvalue weighted by Crippen LogP contribution is -2.62. The highest BCUT2D eigenvalue weighted by atomic mass is 16.2. The van der Waals surface area contributed by atoms with E-state index in [9.17, 15) is 28.8 Å². The fourth-order valence-electron chi connectivity index (χ4n) is 8.93. The van der Waals surface area contributed by atoms with Crippen LogP contribution in [-0.2, 0) is 48.0 Å². The molecule has 3 aromatic heterocycles. The number of hydrogen-bond donors (Lipinski definition) is 9. The maximum atomic E-state index is 14.7. The molecule has 1 aliphatic rings. The Morgan fingerprint density at radius 1 is 0.348 bits per heavy atom. The number of rotatable bonds is 12. The first-order valence-electron chi connectivity index (χ1n) is 23.1. The number of aromatic nitrogens is 3. The van der Waals surface area contributed by atoms with E-state index in [4.69, 9.17) is 0 Å². The zero-order chi connectivity index (χ0) is 47.1. The van der Waals surface area contributed by atoms with Gasteiger partial charge in [-0.3, -0.25) is 28.8 Å². The number of carbonyl (C=O) groups is 6. The lowest BCUT2D eigenvalue weighted by Gasteiger charge is -2.30. The van der Waals surface area contributed by atoms with Crippen LogP contribution in [0.3, 0.4) is 0 Å². The third-order valence-electron chi connectivity index (χ3n) is 12.2. The number of amides is 6. The van der Waals surface area contributed by atoms with Crippen LogP contribution in [0.2, 0.25) is 0 Å². The van der Waals surface area contributed by atoms with Gasteiger partial charge in [-0.05, 0) is 71.9 Å². The Labute approximate surface area is 384 Å². The molecule has 9 N–H and O–H groups in total. The van der Waals surface area contributed by atoms with Gasteiger partial charge in [0.1, 0.15) is 36.3 Å². The highest BCUT2D eigenvalue weighted by Crippen LogP contribution is 2.23. The van der Waals surface area contributed by atoms with Gasteiger partial charge in [-0.25, -0.2) is 0 Å². The summed E-state index contributed by atoms with van der Waals surface area (Å²) in [5.41, 5.74) is 4.82. The van der Waals surface area contributed by atoms with E-state index < -0.39 is 71.7 Å². The van der Waals surface area contributed by atoms with Crippen molar-refractivity contribution in [3.05, 3.63) is 108 Å². The molecule has 66 heavy (non-hydrogen) atoms. The lowest BCUT2D eigenvalue weighted by molar-refractivity contribution is -0.137. The van der Waals surface area contributed by atoms with Gasteiger partial charge in [0.2, 0.25) is 35.4 Å². The molecule has 1 saturated heterocycles. The Balaban J connectivity index is 1.30. The number of benzene rings is 3. The van der Waals surface area contributed by atoms with Crippen molar-refractivity contribution in [2.24, 2.45) is 17.8 Å². The molecule has 15 heteroatoms. The summed E-state index contributed by atoms with van der Waals surface area (Å²) in [6.07, 6.45) is 6.20. The van der Waals surface area contributed by atoms with Gasteiger partial charge in [0.15, 0.2) is 0 Å². The Morgan fingerprint density at radius 3 is 0.833 bits per heavy atom. The van der Waals surface area contributed by atoms with Crippen molar-refractivity contribution in [1.82, 2.24) is 46.9 Å². The molecule has 4 heterocycles. The molecule has 0 spiro atoms. The Morgan fingerprint density at radius 2 is 0.576 bits per heavy atom. The van der Waals surface area contributed by atoms with Gasteiger partial charge >= 0.3 is 0 Å². The van der Waals surface area contributed by atoms with Crippen LogP contribution in [0.4, 0.5) is 0 Å². The molecule has 0 aliphatic carbocycles. The molecule has 0 bridgehead atoms. The highest BCUT2D eigenvalue weighted by Gasteiger charge is 2.36. The number of carbonyl (C=O) groups excluding carboxylic acids is 6. The predicted molar refractivity (Wildman–Crippen MR) is 256 cm³/mol. The van der Waals surface area contributed by atoms with E-state index in [0.29, 0.717) is 0 Å². The molecule has 1 fully saturated rings. The first kappa shape index (κ1) is 47.1. The fraction of sp³-hybridized carbons (Fsp3) is 0.412. The molecule has 348 valence electrons. The Hall–Kier alpha value is -6.90. The lowest BCUT2D eigenvalue weighted by atomic mass is 9.97. The summed E-state index contributed by atoms with van der Waals surface area (Å²) in [5.74, 6) is -3.80. The number of nitrogens with one attached hydrogen (secondary N) is 9. The summed E-state index contributed by atoms with van der Waals surface area (Å²) >= 11 is 0. The zero-order valence-corrected chi connectivity index (χ0v) is 38.5. The van der Waals surface area contributed by atoms with Crippen LogP contribution in [0.5, 0.6) is 0 Å². The fourth-order valence-corrected chi connectivity index (χ4v) is 8.93. The van der Waals surface area contributed by atoms with Crippen LogP contribution in [0.1, 0.15) is 77.5 Å². The molecule has 15 nitrogen and oxygen atoms in total. The molecule has 0 unspecified atom stereocenters. The molecule has 6 aromatic rings. The molecule has 6 amide bonds. The molecule has 1 aliphatic heterocycles. The quantitative estimate of drug-likeness (QED) is 0.0801. The van der Waals surface area contributed by atoms with Crippen molar-refractivity contribution in [3.63, 3.8) is 0 Å². The topological polar surface area (TPSA) is 222 Å². The average Bonchev–Trinajstić information content (AvgIpc) is 4.01. The van der Waals surface area contributed by atoms with Crippen LogP contribution in [0.25, 0.3) is 32.7 Å².